The predicted octanol–water partition coefficient (Wildman–Crippen LogP) is -5.17. The first-order valence-electron chi connectivity index (χ1n) is 3.70. The number of primary amides is 1. The number of amides is 2. The van der Waals surface area contributed by atoms with E-state index in [2.05, 4.69) is 5.32 Å². The summed E-state index contributed by atoms with van der Waals surface area (Å²) in [5.41, 5.74) is 5.77. The molecule has 2 rings (SSSR count). The van der Waals surface area contributed by atoms with Crippen LogP contribution in [0.1, 0.15) is 0 Å². The van der Waals surface area contributed by atoms with E-state index < -0.39 is 48.4 Å². The van der Waals surface area contributed by atoms with Gasteiger partial charge in [-0.3, -0.25) is 0 Å². The molecule has 0 aromatic heterocycles. The molecule has 1 aliphatic rings. The van der Waals surface area contributed by atoms with E-state index in [4.69, 9.17) is 5.73 Å². The Morgan fingerprint density at radius 3 is 2.86 bits per heavy atom. The molecule has 0 saturated carbocycles. The second kappa shape index (κ2) is 4.01. The third kappa shape index (κ3) is 2.00. The number of carbonyl (C=O) groups excluding carboxylic acids is 2. The molecule has 0 atom stereocenters. The number of hydrogen-bond acceptors (Lipinski definition) is 2. The summed E-state index contributed by atoms with van der Waals surface area (Å²) < 4.78 is 2.60. The number of hydrogen-bond donors (Lipinski definition) is 2. The van der Waals surface area contributed by atoms with Crippen molar-refractivity contribution < 1.29 is 52.0 Å². The monoisotopic (exact) mass is 416 g/mol. The van der Waals surface area contributed by atoms with E-state index in [0.29, 0.717) is 1.80 Å². The average Bonchev–Trinajstić information content (AvgIpc) is 2.45. The van der Waals surface area contributed by atoms with Crippen molar-refractivity contribution in [2.45, 2.75) is 0 Å². The van der Waals surface area contributed by atoms with Gasteiger partial charge in [0.15, 0.2) is 0 Å². The van der Waals surface area contributed by atoms with Gasteiger partial charge in [0, 0.05) is 0 Å². The summed E-state index contributed by atoms with van der Waals surface area (Å²) in [5, 5.41) is 2.56. The minimum atomic E-state index is -0.569. The molecule has 3 N–H and O–H groups in total. The molecule has 0 saturated heterocycles. The van der Waals surface area contributed by atoms with Crippen LogP contribution in [0, 0.1) is 7.14 Å². The predicted molar refractivity (Wildman–Crippen MR) is 42.4 cm³/mol. The van der Waals surface area contributed by atoms with Gasteiger partial charge in [-0.2, -0.15) is 0 Å². The number of nitrogens with one attached hydrogen (secondary N) is 1. The summed E-state index contributed by atoms with van der Waals surface area (Å²) in [5.74, 6) is 0. The molecule has 4 nitrogen and oxygen atoms in total. The van der Waals surface area contributed by atoms with Crippen molar-refractivity contribution >= 4 is 13.5 Å². The van der Waals surface area contributed by atoms with Gasteiger partial charge in [0.05, 0.1) is 0 Å². The zero-order chi connectivity index (χ0) is 10.1. The van der Waals surface area contributed by atoms with Crippen LogP contribution in [0.15, 0.2) is 18.2 Å². The third-order valence-electron chi connectivity index (χ3n) is 1.55. The van der Waals surface area contributed by atoms with Crippen molar-refractivity contribution in [3.05, 3.63) is 25.3 Å². The van der Waals surface area contributed by atoms with E-state index in [1.54, 1.807) is 6.07 Å². The van der Waals surface area contributed by atoms with E-state index in [0.717, 1.165) is 12.8 Å². The Bertz CT molecular complexity index is 420. The maximum atomic E-state index is 11.3. The van der Waals surface area contributed by atoms with Crippen molar-refractivity contribution in [1.29, 1.82) is 0 Å². The van der Waals surface area contributed by atoms with Crippen LogP contribution in [0.4, 0.5) is 15.3 Å². The van der Waals surface area contributed by atoms with Crippen LogP contribution in [0.2, 0.25) is 0 Å². The van der Waals surface area contributed by atoms with Crippen molar-refractivity contribution in [3.8, 4) is 0 Å². The van der Waals surface area contributed by atoms with E-state index in [1.165, 1.54) is 0 Å². The second-order valence-corrected chi connectivity index (χ2v) is 9.85. The van der Waals surface area contributed by atoms with E-state index in [-0.39, 0.29) is 0 Å². The van der Waals surface area contributed by atoms with Crippen molar-refractivity contribution in [1.82, 2.24) is 0 Å². The van der Waals surface area contributed by atoms with Gasteiger partial charge in [-0.05, 0) is 0 Å². The van der Waals surface area contributed by atoms with Gasteiger partial charge in [0.25, 0.3) is 0 Å². The Morgan fingerprint density at radius 1 is 1.36 bits per heavy atom. The summed E-state index contributed by atoms with van der Waals surface area (Å²) in [6.07, 6.45) is 0. The Kier molecular flexibility index (Phi) is 2.91. The van der Waals surface area contributed by atoms with Crippen LogP contribution in [0.3, 0.4) is 0 Å². The van der Waals surface area contributed by atoms with E-state index >= 15 is 0 Å². The number of nitrogens with two attached hydrogens (primary N) is 1. The van der Waals surface area contributed by atoms with Crippen molar-refractivity contribution in [2.75, 3.05) is 5.32 Å². The summed E-state index contributed by atoms with van der Waals surface area (Å²) in [4.78, 5) is 22.0. The number of urea groups is 1. The third-order valence-corrected chi connectivity index (χ3v) is 9.35. The van der Waals surface area contributed by atoms with Crippen LogP contribution < -0.4 is 53.5 Å². The zero-order valence-electron chi connectivity index (χ0n) is 6.88. The number of rotatable bonds is 1. The van der Waals surface area contributed by atoms with Crippen molar-refractivity contribution in [2.24, 2.45) is 5.73 Å². The number of halogens is 2. The van der Waals surface area contributed by atoms with Crippen molar-refractivity contribution in [3.63, 3.8) is 0 Å². The van der Waals surface area contributed by atoms with Crippen LogP contribution >= 0.6 is 0 Å². The molecule has 2 amide bonds. The first-order chi connectivity index (χ1) is 6.66. The Hall–Kier alpha value is -0.380. The molecular formula is C8H6I2N2O2-2. The number of anilines is 1. The maximum absolute atomic E-state index is 11.3. The number of fused-ring (bicyclic) bond motifs is 1. The van der Waals surface area contributed by atoms with Gasteiger partial charge < -0.3 is 0 Å². The summed E-state index contributed by atoms with van der Waals surface area (Å²) in [6, 6.07) is 5.05. The average molecular weight is 416 g/mol. The molecule has 1 aromatic carbocycles. The second-order valence-electron chi connectivity index (χ2n) is 2.51. The topological polar surface area (TPSA) is 72.2 Å². The number of carbonyl (C=O) groups is 2. The normalized spacial score (nSPS) is 15.0. The van der Waals surface area contributed by atoms with Crippen LogP contribution in [-0.4, -0.2) is 7.83 Å². The van der Waals surface area contributed by atoms with E-state index in [9.17, 15) is 9.59 Å². The molecular weight excluding hydrogens is 410 g/mol. The van der Waals surface area contributed by atoms with Crippen LogP contribution in [-0.2, 0) is 0 Å². The van der Waals surface area contributed by atoms with Gasteiger partial charge in [-0.25, -0.2) is 0 Å². The Balaban J connectivity index is 2.39. The molecule has 0 fully saturated rings. The van der Waals surface area contributed by atoms with E-state index in [1.807, 2.05) is 12.1 Å². The van der Waals surface area contributed by atoms with Gasteiger partial charge in [0.1, 0.15) is 0 Å². The van der Waals surface area contributed by atoms with Crippen LogP contribution in [0.25, 0.3) is 0 Å². The Morgan fingerprint density at radius 2 is 2.14 bits per heavy atom. The molecule has 0 bridgehead atoms. The van der Waals surface area contributed by atoms with Gasteiger partial charge in [-0.1, -0.05) is 0 Å². The zero-order valence-corrected chi connectivity index (χ0v) is 11.2. The molecule has 0 spiro atoms. The first-order valence-corrected chi connectivity index (χ1v) is 8.01. The summed E-state index contributed by atoms with van der Waals surface area (Å²) in [7, 11) is 0. The fourth-order valence-electron chi connectivity index (χ4n) is 1.07. The fraction of sp³-hybridized carbons (Fsp3) is 0. The molecule has 76 valence electrons. The van der Waals surface area contributed by atoms with Gasteiger partial charge >= 0.3 is 102 Å². The molecule has 6 heteroatoms. The molecule has 1 heterocycles. The van der Waals surface area contributed by atoms with Gasteiger partial charge in [-0.15, -0.1) is 0 Å². The summed E-state index contributed by atoms with van der Waals surface area (Å²) >= 11 is -1.02. The molecule has 14 heavy (non-hydrogen) atoms. The first kappa shape index (κ1) is 10.1. The summed E-state index contributed by atoms with van der Waals surface area (Å²) in [6.45, 7) is 0. The standard InChI is InChI=1S/C8H6I2N2O2/c11-8(14)12-5-3-1-2-4-6(5)10-7(13)9-4/h1-3H,(H3,11,12,14)/q-2. The van der Waals surface area contributed by atoms with Gasteiger partial charge in [0.2, 0.25) is 0 Å². The molecule has 0 unspecified atom stereocenters. The fourth-order valence-corrected chi connectivity index (χ4v) is 8.91. The SMILES string of the molecule is NC(=O)Nc1cccc2c1[I-]C(=O)[I-]2. The Labute approximate surface area is 101 Å². The number of benzene rings is 1. The quantitative estimate of drug-likeness (QED) is 0.355. The van der Waals surface area contributed by atoms with Crippen LogP contribution in [0.5, 0.6) is 0 Å². The molecule has 0 radical (unpaired) electrons. The molecule has 1 aromatic rings. The minimum absolute atomic E-state index is 0.399. The molecule has 0 aliphatic carbocycles. The molecule has 1 aliphatic heterocycles.